The second-order valence-corrected chi connectivity index (χ2v) is 7.66. The lowest BCUT2D eigenvalue weighted by Crippen LogP contribution is -2.55. The minimum atomic E-state index is -0.246. The fourth-order valence-electron chi connectivity index (χ4n) is 3.95. The van der Waals surface area contributed by atoms with Crippen molar-refractivity contribution in [1.29, 1.82) is 0 Å². The molecule has 1 aromatic carbocycles. The van der Waals surface area contributed by atoms with Crippen LogP contribution in [0.1, 0.15) is 18.5 Å². The molecular formula is C22H31IN6O3. The van der Waals surface area contributed by atoms with Crippen molar-refractivity contribution < 1.29 is 14.3 Å². The Labute approximate surface area is 205 Å². The highest BCUT2D eigenvalue weighted by Gasteiger charge is 2.30. The van der Waals surface area contributed by atoms with E-state index in [0.717, 1.165) is 49.0 Å². The van der Waals surface area contributed by atoms with Crippen molar-refractivity contribution in [3.63, 3.8) is 0 Å². The lowest BCUT2D eigenvalue weighted by Gasteiger charge is -2.37. The van der Waals surface area contributed by atoms with Crippen molar-refractivity contribution >= 4 is 35.8 Å². The molecule has 1 atom stereocenters. The summed E-state index contributed by atoms with van der Waals surface area (Å²) in [6.07, 6.45) is 3.51. The van der Waals surface area contributed by atoms with E-state index >= 15 is 0 Å². The van der Waals surface area contributed by atoms with Gasteiger partial charge in [0.2, 0.25) is 0 Å². The summed E-state index contributed by atoms with van der Waals surface area (Å²) < 4.78 is 12.6. The Morgan fingerprint density at radius 3 is 2.53 bits per heavy atom. The molecule has 174 valence electrons. The molecule has 2 fully saturated rings. The third-order valence-electron chi connectivity index (χ3n) is 5.72. The van der Waals surface area contributed by atoms with Gasteiger partial charge in [-0.15, -0.1) is 24.0 Å². The standard InChI is InChI=1S/C22H30N6O3.HI/c1-23-22(27-13-11-26(12-14-27)21(29)20-4-3-15-31-20)24-16-17-9-10-28(25-17)18-5-7-19(30-2)8-6-18;/h5-10,20H,3-4,11-16H2,1-2H3,(H,23,24);1H. The van der Waals surface area contributed by atoms with Gasteiger partial charge in [0.25, 0.3) is 5.91 Å². The van der Waals surface area contributed by atoms with E-state index in [-0.39, 0.29) is 36.0 Å². The maximum atomic E-state index is 12.5. The minimum absolute atomic E-state index is 0. The van der Waals surface area contributed by atoms with Gasteiger partial charge in [0.1, 0.15) is 11.9 Å². The average Bonchev–Trinajstić information content (AvgIpc) is 3.52. The van der Waals surface area contributed by atoms with Gasteiger partial charge in [-0.25, -0.2) is 4.68 Å². The molecule has 9 nitrogen and oxygen atoms in total. The van der Waals surface area contributed by atoms with E-state index < -0.39 is 0 Å². The molecule has 3 heterocycles. The van der Waals surface area contributed by atoms with Gasteiger partial charge in [-0.1, -0.05) is 0 Å². The summed E-state index contributed by atoms with van der Waals surface area (Å²) in [4.78, 5) is 21.0. The van der Waals surface area contributed by atoms with Crippen molar-refractivity contribution in [2.75, 3.05) is 46.9 Å². The van der Waals surface area contributed by atoms with Gasteiger partial charge in [0.05, 0.1) is 25.0 Å². The van der Waals surface area contributed by atoms with E-state index in [0.29, 0.717) is 26.2 Å². The number of methoxy groups -OCH3 is 1. The molecule has 1 unspecified atom stereocenters. The monoisotopic (exact) mass is 554 g/mol. The Morgan fingerprint density at radius 2 is 1.91 bits per heavy atom. The lowest BCUT2D eigenvalue weighted by atomic mass is 10.2. The SMILES string of the molecule is CN=C(NCc1ccn(-c2ccc(OC)cc2)n1)N1CCN(C(=O)C2CCCO2)CC1.I. The predicted molar refractivity (Wildman–Crippen MR) is 133 cm³/mol. The second kappa shape index (κ2) is 11.5. The Kier molecular flexibility index (Phi) is 8.74. The average molecular weight is 554 g/mol. The van der Waals surface area contributed by atoms with Crippen molar-refractivity contribution in [2.24, 2.45) is 4.99 Å². The summed E-state index contributed by atoms with van der Waals surface area (Å²) in [6.45, 7) is 4.14. The summed E-state index contributed by atoms with van der Waals surface area (Å²) >= 11 is 0. The number of guanidine groups is 1. The Hall–Kier alpha value is -2.34. The zero-order valence-corrected chi connectivity index (χ0v) is 20.9. The van der Waals surface area contributed by atoms with Crippen LogP contribution in [0, 0.1) is 0 Å². The number of ether oxygens (including phenoxy) is 2. The third kappa shape index (κ3) is 5.71. The lowest BCUT2D eigenvalue weighted by molar-refractivity contribution is -0.142. The molecule has 0 aliphatic carbocycles. The molecule has 2 saturated heterocycles. The van der Waals surface area contributed by atoms with Crippen LogP contribution < -0.4 is 10.1 Å². The maximum Gasteiger partial charge on any atom is 0.251 e. The number of aliphatic imine (C=N–C) groups is 1. The van der Waals surface area contributed by atoms with Crippen LogP contribution >= 0.6 is 24.0 Å². The largest absolute Gasteiger partial charge is 0.497 e. The van der Waals surface area contributed by atoms with Gasteiger partial charge >= 0.3 is 0 Å². The van der Waals surface area contributed by atoms with Crippen molar-refractivity contribution in [3.8, 4) is 11.4 Å². The van der Waals surface area contributed by atoms with Crippen molar-refractivity contribution in [2.45, 2.75) is 25.5 Å². The first-order valence-corrected chi connectivity index (χ1v) is 10.7. The van der Waals surface area contributed by atoms with Crippen molar-refractivity contribution in [1.82, 2.24) is 24.9 Å². The predicted octanol–water partition coefficient (Wildman–Crippen LogP) is 1.90. The molecule has 1 aromatic heterocycles. The zero-order chi connectivity index (χ0) is 21.6. The number of nitrogens with zero attached hydrogens (tertiary/aromatic N) is 5. The second-order valence-electron chi connectivity index (χ2n) is 7.66. The third-order valence-corrected chi connectivity index (χ3v) is 5.72. The Morgan fingerprint density at radius 1 is 1.19 bits per heavy atom. The number of halogens is 1. The summed E-state index contributed by atoms with van der Waals surface area (Å²) in [5.41, 5.74) is 1.90. The molecule has 0 saturated carbocycles. The van der Waals surface area contributed by atoms with Gasteiger partial charge in [-0.05, 0) is 43.2 Å². The molecule has 4 rings (SSSR count). The number of carbonyl (C=O) groups is 1. The van der Waals surface area contributed by atoms with Crippen molar-refractivity contribution in [3.05, 3.63) is 42.2 Å². The first-order chi connectivity index (χ1) is 15.2. The normalized spacial score (nSPS) is 18.9. The van der Waals surface area contributed by atoms with Gasteiger partial charge in [-0.2, -0.15) is 5.10 Å². The molecule has 32 heavy (non-hydrogen) atoms. The number of nitrogens with one attached hydrogen (secondary N) is 1. The molecule has 0 spiro atoms. The van der Waals surface area contributed by atoms with Crippen LogP contribution in [0.15, 0.2) is 41.5 Å². The highest BCUT2D eigenvalue weighted by atomic mass is 127. The van der Waals surface area contributed by atoms with Gasteiger partial charge < -0.3 is 24.6 Å². The first-order valence-electron chi connectivity index (χ1n) is 10.7. The van der Waals surface area contributed by atoms with Gasteiger partial charge in [0, 0.05) is 46.0 Å². The number of rotatable bonds is 5. The van der Waals surface area contributed by atoms with Crippen LogP contribution in [0.2, 0.25) is 0 Å². The topological polar surface area (TPSA) is 84.2 Å². The van der Waals surface area contributed by atoms with E-state index in [2.05, 4.69) is 20.3 Å². The number of hydrogen-bond donors (Lipinski definition) is 1. The fraction of sp³-hybridized carbons (Fsp3) is 0.500. The van der Waals surface area contributed by atoms with E-state index in [4.69, 9.17) is 9.47 Å². The highest BCUT2D eigenvalue weighted by Crippen LogP contribution is 2.16. The minimum Gasteiger partial charge on any atom is -0.497 e. The number of benzene rings is 1. The molecule has 0 bridgehead atoms. The number of carbonyl (C=O) groups excluding carboxylic acids is 1. The van der Waals surface area contributed by atoms with Crippen LogP contribution in [0.3, 0.4) is 0 Å². The van der Waals surface area contributed by atoms with Crippen LogP contribution in [0.5, 0.6) is 5.75 Å². The van der Waals surface area contributed by atoms with E-state index in [1.165, 1.54) is 0 Å². The van der Waals surface area contributed by atoms with Gasteiger partial charge in [-0.3, -0.25) is 9.79 Å². The fourth-order valence-corrected chi connectivity index (χ4v) is 3.95. The Balaban J connectivity index is 0.00000289. The summed E-state index contributed by atoms with van der Waals surface area (Å²) in [5, 5.41) is 8.03. The molecule has 0 radical (unpaired) electrons. The number of hydrogen-bond acceptors (Lipinski definition) is 5. The number of amides is 1. The molecule has 2 aliphatic rings. The van der Waals surface area contributed by atoms with Crippen LogP contribution in [0.25, 0.3) is 5.69 Å². The summed E-state index contributed by atoms with van der Waals surface area (Å²) in [7, 11) is 3.43. The summed E-state index contributed by atoms with van der Waals surface area (Å²) in [6, 6.07) is 9.77. The van der Waals surface area contributed by atoms with Crippen LogP contribution in [0.4, 0.5) is 0 Å². The first kappa shape index (κ1) is 24.3. The molecule has 1 amide bonds. The van der Waals surface area contributed by atoms with E-state index in [1.54, 1.807) is 14.2 Å². The molecular weight excluding hydrogens is 523 g/mol. The Bertz CT molecular complexity index is 903. The molecule has 2 aliphatic heterocycles. The maximum absolute atomic E-state index is 12.5. The van der Waals surface area contributed by atoms with Crippen LogP contribution in [-0.4, -0.2) is 84.5 Å². The molecule has 1 N–H and O–H groups in total. The zero-order valence-electron chi connectivity index (χ0n) is 18.6. The van der Waals surface area contributed by atoms with E-state index in [9.17, 15) is 4.79 Å². The van der Waals surface area contributed by atoms with Gasteiger partial charge in [0.15, 0.2) is 5.96 Å². The van der Waals surface area contributed by atoms with E-state index in [1.807, 2.05) is 46.1 Å². The summed E-state index contributed by atoms with van der Waals surface area (Å²) in [5.74, 6) is 1.77. The highest BCUT2D eigenvalue weighted by molar-refractivity contribution is 14.0. The molecule has 10 heteroatoms. The quantitative estimate of drug-likeness (QED) is 0.346. The number of piperazine rings is 1. The van der Waals surface area contributed by atoms with Crippen LogP contribution in [-0.2, 0) is 16.1 Å². The number of aromatic nitrogens is 2. The molecule has 2 aromatic rings. The smallest absolute Gasteiger partial charge is 0.251 e.